The highest BCUT2D eigenvalue weighted by molar-refractivity contribution is 9.09. The van der Waals surface area contributed by atoms with E-state index in [0.29, 0.717) is 6.42 Å². The van der Waals surface area contributed by atoms with E-state index in [1.165, 1.54) is 0 Å². The van der Waals surface area contributed by atoms with E-state index in [0.717, 1.165) is 0 Å². The summed E-state index contributed by atoms with van der Waals surface area (Å²) < 4.78 is 34.6. The van der Waals surface area contributed by atoms with Crippen molar-refractivity contribution in [2.24, 2.45) is 0 Å². The minimum Gasteiger partial charge on any atom is -0.772 e. The van der Waals surface area contributed by atoms with Crippen LogP contribution in [-0.4, -0.2) is 60.9 Å². The molecule has 2 bridgehead atoms. The average Bonchev–Trinajstić information content (AvgIpc) is 2.83. The van der Waals surface area contributed by atoms with Crippen LogP contribution >= 0.6 is 15.9 Å². The Morgan fingerprint density at radius 2 is 2.10 bits per heavy atom. The summed E-state index contributed by atoms with van der Waals surface area (Å²) in [5.74, 6) is 0. The topological polar surface area (TPSA) is 61.8 Å². The molecule has 2 aliphatic rings. The Balaban J connectivity index is 2.25. The maximum atomic E-state index is 11.4. The van der Waals surface area contributed by atoms with Crippen LogP contribution in [0.15, 0.2) is 0 Å². The third kappa shape index (κ3) is 3.13. The number of fused-ring (bicyclic) bond motifs is 2. The van der Waals surface area contributed by atoms with Crippen LogP contribution in [0, 0.1) is 0 Å². The Morgan fingerprint density at radius 3 is 2.55 bits per heavy atom. The zero-order chi connectivity index (χ0) is 15.2. The molecule has 0 spiro atoms. The van der Waals surface area contributed by atoms with Crippen LogP contribution in [-0.2, 0) is 20.6 Å². The quantitative estimate of drug-likeness (QED) is 0.557. The Labute approximate surface area is 131 Å². The van der Waals surface area contributed by atoms with Crippen molar-refractivity contribution in [2.75, 3.05) is 7.05 Å². The summed E-state index contributed by atoms with van der Waals surface area (Å²) in [4.78, 5) is 2.18. The molecule has 0 aromatic heterocycles. The first-order chi connectivity index (χ1) is 9.12. The van der Waals surface area contributed by atoms with E-state index in [9.17, 15) is 8.76 Å². The van der Waals surface area contributed by atoms with Gasteiger partial charge in [0.2, 0.25) is 0 Å². The van der Waals surface area contributed by atoms with E-state index < -0.39 is 16.3 Å². The van der Waals surface area contributed by atoms with Crippen LogP contribution in [0.5, 0.6) is 0 Å². The molecule has 7 unspecified atom stereocenters. The summed E-state index contributed by atoms with van der Waals surface area (Å²) in [5.41, 5.74) is -0.0788. The molecule has 0 radical (unpaired) electrons. The molecule has 118 valence electrons. The van der Waals surface area contributed by atoms with Gasteiger partial charge in [-0.1, -0.05) is 15.9 Å². The molecule has 2 saturated heterocycles. The molecule has 0 amide bonds. The van der Waals surface area contributed by atoms with E-state index in [-0.39, 0.29) is 34.9 Å². The molecule has 7 heteroatoms. The first-order valence-corrected chi connectivity index (χ1v) is 8.94. The largest absolute Gasteiger partial charge is 0.772 e. The zero-order valence-electron chi connectivity index (χ0n) is 12.5. The zero-order valence-corrected chi connectivity index (χ0v) is 14.9. The fourth-order valence-corrected chi connectivity index (χ4v) is 4.13. The summed E-state index contributed by atoms with van der Waals surface area (Å²) in [5, 5.41) is -0.511. The minimum absolute atomic E-state index is 0.0448. The van der Waals surface area contributed by atoms with Crippen molar-refractivity contribution in [3.05, 3.63) is 0 Å². The van der Waals surface area contributed by atoms with Gasteiger partial charge >= 0.3 is 0 Å². The molecule has 0 aromatic rings. The number of nitrogens with zero attached hydrogens (tertiary/aromatic N) is 1. The van der Waals surface area contributed by atoms with Crippen molar-refractivity contribution in [1.82, 2.24) is 4.90 Å². The second kappa shape index (κ2) is 5.93. The van der Waals surface area contributed by atoms with Crippen molar-refractivity contribution in [3.63, 3.8) is 0 Å². The van der Waals surface area contributed by atoms with Gasteiger partial charge in [0.05, 0.1) is 23.5 Å². The van der Waals surface area contributed by atoms with Gasteiger partial charge in [-0.25, -0.2) is 0 Å². The number of halogens is 1. The second-order valence-electron chi connectivity index (χ2n) is 6.59. The SMILES string of the molecule is CC(Br)OC1C2CC(S(=O)[O-])C(O2)C1N(C)C(C)(C)C. The predicted molar refractivity (Wildman–Crippen MR) is 80.6 cm³/mol. The van der Waals surface area contributed by atoms with Gasteiger partial charge in [0.15, 0.2) is 0 Å². The van der Waals surface area contributed by atoms with E-state index in [1.807, 2.05) is 14.0 Å². The molecule has 0 N–H and O–H groups in total. The standard InChI is InChI=1S/C13H24BrNO4S/c1-7(14)18-11-8-6-9(20(16)17)12(19-8)10(11)15(5)13(2,3)4/h7-12H,6H2,1-5H3,(H,16,17)/p-1. The summed E-state index contributed by atoms with van der Waals surface area (Å²) >= 11 is 1.31. The Hall–Kier alpha value is 0.470. The highest BCUT2D eigenvalue weighted by Gasteiger charge is 2.58. The lowest BCUT2D eigenvalue weighted by molar-refractivity contribution is -0.0433. The molecule has 7 atom stereocenters. The highest BCUT2D eigenvalue weighted by Crippen LogP contribution is 2.43. The van der Waals surface area contributed by atoms with Crippen molar-refractivity contribution < 1.29 is 18.2 Å². The van der Waals surface area contributed by atoms with E-state index in [1.54, 1.807) is 0 Å². The number of alkyl halides is 1. The fourth-order valence-electron chi connectivity index (χ4n) is 3.09. The summed E-state index contributed by atoms with van der Waals surface area (Å²) in [6, 6.07) is -0.0448. The maximum Gasteiger partial charge on any atom is 0.110 e. The molecule has 0 aliphatic carbocycles. The molecule has 2 rings (SSSR count). The van der Waals surface area contributed by atoms with Gasteiger partial charge in [0.25, 0.3) is 0 Å². The lowest BCUT2D eigenvalue weighted by Crippen LogP contribution is -2.59. The molecular formula is C13H23BrNO4S-. The van der Waals surface area contributed by atoms with Gasteiger partial charge in [-0.2, -0.15) is 0 Å². The van der Waals surface area contributed by atoms with Crippen molar-refractivity contribution in [2.45, 2.75) is 74.3 Å². The number of likely N-dealkylation sites (N-methyl/N-ethyl adjacent to an activating group) is 1. The summed E-state index contributed by atoms with van der Waals surface area (Å²) in [6.45, 7) is 8.24. The number of hydrogen-bond donors (Lipinski definition) is 0. The molecule has 2 fully saturated rings. The first-order valence-electron chi connectivity index (χ1n) is 6.89. The maximum absolute atomic E-state index is 11.4. The van der Waals surface area contributed by atoms with Crippen LogP contribution in [0.3, 0.4) is 0 Å². The van der Waals surface area contributed by atoms with Crippen LogP contribution in [0.25, 0.3) is 0 Å². The number of hydrogen-bond acceptors (Lipinski definition) is 5. The van der Waals surface area contributed by atoms with Crippen molar-refractivity contribution in [3.8, 4) is 0 Å². The Bertz CT molecular complexity index is 387. The lowest BCUT2D eigenvalue weighted by Gasteiger charge is -2.44. The van der Waals surface area contributed by atoms with Crippen LogP contribution < -0.4 is 0 Å². The third-order valence-corrected chi connectivity index (χ3v) is 5.47. The monoisotopic (exact) mass is 368 g/mol. The van der Waals surface area contributed by atoms with Gasteiger partial charge < -0.3 is 14.0 Å². The summed E-state index contributed by atoms with van der Waals surface area (Å²) in [7, 11) is 2.01. The number of ether oxygens (including phenoxy) is 2. The van der Waals surface area contributed by atoms with Crippen LogP contribution in [0.2, 0.25) is 0 Å². The van der Waals surface area contributed by atoms with E-state index in [2.05, 4.69) is 41.6 Å². The third-order valence-electron chi connectivity index (χ3n) is 4.30. The van der Waals surface area contributed by atoms with Crippen LogP contribution in [0.4, 0.5) is 0 Å². The molecule has 20 heavy (non-hydrogen) atoms. The predicted octanol–water partition coefficient (Wildman–Crippen LogP) is 1.63. The smallest absolute Gasteiger partial charge is 0.110 e. The summed E-state index contributed by atoms with van der Waals surface area (Å²) in [6.07, 6.45) is -0.0190. The van der Waals surface area contributed by atoms with Crippen molar-refractivity contribution in [1.29, 1.82) is 0 Å². The van der Waals surface area contributed by atoms with Gasteiger partial charge in [0, 0.05) is 5.54 Å². The van der Waals surface area contributed by atoms with E-state index >= 15 is 0 Å². The highest BCUT2D eigenvalue weighted by atomic mass is 79.9. The van der Waals surface area contributed by atoms with Crippen molar-refractivity contribution >= 4 is 27.0 Å². The Kier molecular flexibility index (Phi) is 4.99. The van der Waals surface area contributed by atoms with Gasteiger partial charge in [-0.05, 0) is 52.2 Å². The fraction of sp³-hybridized carbons (Fsp3) is 1.00. The average molecular weight is 369 g/mol. The molecular weight excluding hydrogens is 346 g/mol. The van der Waals surface area contributed by atoms with Gasteiger partial charge in [0.1, 0.15) is 11.1 Å². The Morgan fingerprint density at radius 1 is 1.50 bits per heavy atom. The second-order valence-corrected chi connectivity index (χ2v) is 9.01. The molecule has 5 nitrogen and oxygen atoms in total. The lowest BCUT2D eigenvalue weighted by atomic mass is 9.88. The minimum atomic E-state index is -2.10. The normalized spacial score (nSPS) is 40.3. The molecule has 2 heterocycles. The van der Waals surface area contributed by atoms with Gasteiger partial charge in [-0.3, -0.25) is 9.11 Å². The van der Waals surface area contributed by atoms with E-state index in [4.69, 9.17) is 9.47 Å². The van der Waals surface area contributed by atoms with Crippen LogP contribution in [0.1, 0.15) is 34.1 Å². The molecule has 0 saturated carbocycles. The number of rotatable bonds is 4. The van der Waals surface area contributed by atoms with Gasteiger partial charge in [-0.15, -0.1) is 0 Å². The first kappa shape index (κ1) is 16.8. The molecule has 0 aromatic carbocycles. The molecule has 2 aliphatic heterocycles.